The Kier molecular flexibility index (Phi) is 6.27. The van der Waals surface area contributed by atoms with E-state index in [1.54, 1.807) is 0 Å². The van der Waals surface area contributed by atoms with Gasteiger partial charge < -0.3 is 39.8 Å². The largest absolute Gasteiger partial charge is 0.504 e. The van der Waals surface area contributed by atoms with Crippen molar-refractivity contribution in [1.82, 2.24) is 0 Å². The highest BCUT2D eigenvalue weighted by molar-refractivity contribution is 5.93. The second-order valence-corrected chi connectivity index (χ2v) is 4.41. The minimum absolute atomic E-state index is 0.0231. The Labute approximate surface area is 119 Å². The van der Waals surface area contributed by atoms with Crippen molar-refractivity contribution in [2.45, 2.75) is 37.6 Å². The fourth-order valence-electron chi connectivity index (χ4n) is 1.65. The fraction of sp³-hybridized carbons (Fsp3) is 0.583. The number of Topliss-reactive ketones (excluding diaryl/α,β-unsaturated/α-hetero) is 1. The maximum absolute atomic E-state index is 10.5. The quantitative estimate of drug-likeness (QED) is 0.338. The van der Waals surface area contributed by atoms with Crippen LogP contribution in [0.15, 0.2) is 16.7 Å². The van der Waals surface area contributed by atoms with Gasteiger partial charge in [0.15, 0.2) is 17.8 Å². The highest BCUT2D eigenvalue weighted by atomic mass is 16.6. The predicted molar refractivity (Wildman–Crippen MR) is 66.4 cm³/mol. The van der Waals surface area contributed by atoms with Crippen LogP contribution in [-0.2, 0) is 4.74 Å². The van der Waals surface area contributed by atoms with Gasteiger partial charge in [0.05, 0.1) is 12.9 Å². The van der Waals surface area contributed by atoms with Gasteiger partial charge in [0.2, 0.25) is 5.76 Å². The van der Waals surface area contributed by atoms with Crippen molar-refractivity contribution >= 4 is 5.78 Å². The molecule has 1 aromatic heterocycles. The summed E-state index contributed by atoms with van der Waals surface area (Å²) >= 11 is 0. The standard InChI is InChI=1S/C6H12O6.C6H6O3/c7-1-2-3(8)4(9)5(10)6(11)12-2;1-4(7)6-5(8)2-3-9-6/h2-11H,1H2;2-3,8H,1H3/t2-,3-,4+,5-,6+;/m1./s1. The van der Waals surface area contributed by atoms with Crippen LogP contribution in [0.4, 0.5) is 0 Å². The predicted octanol–water partition coefficient (Wildman–Crippen LogP) is -2.03. The van der Waals surface area contributed by atoms with E-state index in [4.69, 9.17) is 30.6 Å². The van der Waals surface area contributed by atoms with Gasteiger partial charge in [-0.25, -0.2) is 0 Å². The molecule has 5 atom stereocenters. The van der Waals surface area contributed by atoms with Gasteiger partial charge in [-0.15, -0.1) is 0 Å². The lowest BCUT2D eigenvalue weighted by atomic mass is 10.00. The Hall–Kier alpha value is -1.49. The Morgan fingerprint density at radius 1 is 1.19 bits per heavy atom. The lowest BCUT2D eigenvalue weighted by Crippen LogP contribution is -2.58. The van der Waals surface area contributed by atoms with Gasteiger partial charge in [0.25, 0.3) is 0 Å². The summed E-state index contributed by atoms with van der Waals surface area (Å²) in [6, 6.07) is 1.33. The molecule has 1 aliphatic heterocycles. The molecule has 2 rings (SSSR count). The van der Waals surface area contributed by atoms with E-state index in [-0.39, 0.29) is 17.3 Å². The van der Waals surface area contributed by atoms with E-state index >= 15 is 0 Å². The van der Waals surface area contributed by atoms with E-state index in [1.807, 2.05) is 0 Å². The van der Waals surface area contributed by atoms with Gasteiger partial charge in [0, 0.05) is 13.0 Å². The number of ketones is 1. The first-order valence-electron chi connectivity index (χ1n) is 6.05. The molecule has 0 unspecified atom stereocenters. The number of ether oxygens (including phenoxy) is 1. The van der Waals surface area contributed by atoms with E-state index < -0.39 is 37.3 Å². The van der Waals surface area contributed by atoms with Crippen molar-refractivity contribution in [3.63, 3.8) is 0 Å². The average molecular weight is 306 g/mol. The Balaban J connectivity index is 0.000000219. The summed E-state index contributed by atoms with van der Waals surface area (Å²) in [5.74, 6) is -0.338. The molecule has 1 aliphatic rings. The zero-order valence-electron chi connectivity index (χ0n) is 11.2. The van der Waals surface area contributed by atoms with Gasteiger partial charge in [-0.3, -0.25) is 4.79 Å². The van der Waals surface area contributed by atoms with E-state index in [0.29, 0.717) is 0 Å². The molecular weight excluding hydrogens is 288 g/mol. The third kappa shape index (κ3) is 4.24. The van der Waals surface area contributed by atoms with Crippen molar-refractivity contribution in [1.29, 1.82) is 0 Å². The lowest BCUT2D eigenvalue weighted by Gasteiger charge is -2.37. The number of rotatable bonds is 2. The van der Waals surface area contributed by atoms with Gasteiger partial charge in [0.1, 0.15) is 24.4 Å². The van der Waals surface area contributed by atoms with E-state index in [1.165, 1.54) is 19.3 Å². The zero-order chi connectivity index (χ0) is 16.2. The molecule has 0 aromatic carbocycles. The summed E-state index contributed by atoms with van der Waals surface area (Å²) in [5.41, 5.74) is 0. The van der Waals surface area contributed by atoms with Crippen LogP contribution < -0.4 is 0 Å². The second kappa shape index (κ2) is 7.50. The minimum Gasteiger partial charge on any atom is -0.504 e. The van der Waals surface area contributed by atoms with Crippen LogP contribution in [0.25, 0.3) is 0 Å². The molecule has 21 heavy (non-hydrogen) atoms. The summed E-state index contributed by atoms with van der Waals surface area (Å²) in [7, 11) is 0. The molecule has 9 heteroatoms. The van der Waals surface area contributed by atoms with Crippen molar-refractivity contribution < 1.29 is 44.6 Å². The third-order valence-corrected chi connectivity index (χ3v) is 2.83. The second-order valence-electron chi connectivity index (χ2n) is 4.41. The normalized spacial score (nSPS) is 32.2. The van der Waals surface area contributed by atoms with Crippen LogP contribution in [0.2, 0.25) is 0 Å². The molecule has 6 N–H and O–H groups in total. The maximum atomic E-state index is 10.5. The number of hydrogen-bond acceptors (Lipinski definition) is 9. The van der Waals surface area contributed by atoms with Crippen molar-refractivity contribution in [2.75, 3.05) is 6.61 Å². The van der Waals surface area contributed by atoms with Crippen molar-refractivity contribution in [3.8, 4) is 5.75 Å². The first-order valence-corrected chi connectivity index (χ1v) is 6.05. The van der Waals surface area contributed by atoms with Gasteiger partial charge in [-0.1, -0.05) is 0 Å². The molecule has 1 fully saturated rings. The number of aliphatic hydroxyl groups excluding tert-OH is 5. The van der Waals surface area contributed by atoms with Crippen molar-refractivity contribution in [2.24, 2.45) is 0 Å². The summed E-state index contributed by atoms with van der Waals surface area (Å²) in [6.45, 7) is 0.806. The molecule has 0 saturated carbocycles. The van der Waals surface area contributed by atoms with Gasteiger partial charge in [-0.05, 0) is 0 Å². The minimum atomic E-state index is -1.57. The fourth-order valence-corrected chi connectivity index (χ4v) is 1.65. The topological polar surface area (TPSA) is 161 Å². The molecule has 0 spiro atoms. The smallest absolute Gasteiger partial charge is 0.210 e. The van der Waals surface area contributed by atoms with Gasteiger partial charge in [-0.2, -0.15) is 0 Å². The summed E-state index contributed by atoms with van der Waals surface area (Å²) in [6.07, 6.45) is -5.77. The van der Waals surface area contributed by atoms with Crippen molar-refractivity contribution in [3.05, 3.63) is 18.1 Å². The first-order chi connectivity index (χ1) is 9.79. The lowest BCUT2D eigenvalue weighted by molar-refractivity contribution is -0.286. The molecule has 0 aliphatic carbocycles. The van der Waals surface area contributed by atoms with Crippen LogP contribution in [0.1, 0.15) is 17.5 Å². The molecular formula is C12H18O9. The molecule has 1 aromatic rings. The maximum Gasteiger partial charge on any atom is 0.210 e. The molecule has 0 radical (unpaired) electrons. The van der Waals surface area contributed by atoms with E-state index in [2.05, 4.69) is 9.15 Å². The monoisotopic (exact) mass is 306 g/mol. The average Bonchev–Trinajstić information content (AvgIpc) is 2.87. The Bertz CT molecular complexity index is 453. The van der Waals surface area contributed by atoms with Crippen LogP contribution in [0.3, 0.4) is 0 Å². The van der Waals surface area contributed by atoms with Crippen LogP contribution in [-0.4, -0.2) is 73.7 Å². The van der Waals surface area contributed by atoms with Crippen LogP contribution >= 0.6 is 0 Å². The number of carbonyl (C=O) groups is 1. The number of aromatic hydroxyl groups is 1. The SMILES string of the molecule is CC(=O)c1occc1O.OC[C@H]1O[C@H](O)[C@H](O)[C@@H](O)[C@@H]1O. The Morgan fingerprint density at radius 2 is 1.81 bits per heavy atom. The molecule has 0 amide bonds. The zero-order valence-corrected chi connectivity index (χ0v) is 11.2. The first kappa shape index (κ1) is 17.6. The van der Waals surface area contributed by atoms with Gasteiger partial charge >= 0.3 is 0 Å². The van der Waals surface area contributed by atoms with E-state index in [9.17, 15) is 4.79 Å². The molecule has 120 valence electrons. The van der Waals surface area contributed by atoms with E-state index in [0.717, 1.165) is 0 Å². The third-order valence-electron chi connectivity index (χ3n) is 2.83. The number of furan rings is 1. The number of aliphatic hydroxyl groups is 5. The molecule has 2 heterocycles. The molecule has 1 saturated heterocycles. The number of carbonyl (C=O) groups excluding carboxylic acids is 1. The summed E-state index contributed by atoms with van der Waals surface area (Å²) in [4.78, 5) is 10.5. The molecule has 9 nitrogen and oxygen atoms in total. The Morgan fingerprint density at radius 3 is 2.19 bits per heavy atom. The molecule has 0 bridgehead atoms. The summed E-state index contributed by atoms with van der Waals surface area (Å²) < 4.78 is 9.20. The highest BCUT2D eigenvalue weighted by Crippen LogP contribution is 2.19. The van der Waals surface area contributed by atoms with Crippen LogP contribution in [0.5, 0.6) is 5.75 Å². The number of hydrogen-bond donors (Lipinski definition) is 6. The highest BCUT2D eigenvalue weighted by Gasteiger charge is 2.42. The van der Waals surface area contributed by atoms with Crippen LogP contribution in [0, 0.1) is 0 Å². The summed E-state index contributed by atoms with van der Waals surface area (Å²) in [5, 5.41) is 53.5.